The molecule has 1 atom stereocenters. The van der Waals surface area contributed by atoms with Gasteiger partial charge in [-0.3, -0.25) is 0 Å². The Balaban J connectivity index is 2.20. The Hall–Kier alpha value is -1.74. The van der Waals surface area contributed by atoms with E-state index in [9.17, 15) is 18.3 Å². The molecule has 10 heteroatoms. The van der Waals surface area contributed by atoms with Gasteiger partial charge in [-0.2, -0.15) is 13.2 Å². The lowest BCUT2D eigenvalue weighted by molar-refractivity contribution is -0.141. The SMILES string of the molecule is OCC(O)CNc1cc(Cl)c(Oc2cccc(C(F)(F)F)n2)c(Cl)c1. The number of aliphatic hydroxyl groups is 2. The summed E-state index contributed by atoms with van der Waals surface area (Å²) in [6, 6.07) is 6.04. The first kappa shape index (κ1) is 19.6. The molecule has 0 aliphatic heterocycles. The normalized spacial score (nSPS) is 12.8. The number of nitrogens with zero attached hydrogens (tertiary/aromatic N) is 1. The maximum Gasteiger partial charge on any atom is 0.433 e. The number of pyridine rings is 1. The average Bonchev–Trinajstić information content (AvgIpc) is 2.55. The van der Waals surface area contributed by atoms with Crippen molar-refractivity contribution in [1.82, 2.24) is 4.98 Å². The Bertz CT molecular complexity index is 721. The molecule has 1 aromatic heterocycles. The molecule has 1 heterocycles. The summed E-state index contributed by atoms with van der Waals surface area (Å²) in [5, 5.41) is 20.9. The lowest BCUT2D eigenvalue weighted by Gasteiger charge is -2.14. The van der Waals surface area contributed by atoms with Gasteiger partial charge in [0.1, 0.15) is 5.69 Å². The highest BCUT2D eigenvalue weighted by Crippen LogP contribution is 2.39. The molecule has 0 spiro atoms. The van der Waals surface area contributed by atoms with Crippen molar-refractivity contribution in [2.24, 2.45) is 0 Å². The Morgan fingerprint density at radius 3 is 2.40 bits per heavy atom. The molecular formula is C15H13Cl2F3N2O3. The molecule has 2 rings (SSSR count). The third-order valence-electron chi connectivity index (χ3n) is 2.97. The van der Waals surface area contributed by atoms with E-state index < -0.39 is 24.6 Å². The molecule has 25 heavy (non-hydrogen) atoms. The van der Waals surface area contributed by atoms with Crippen LogP contribution in [0.2, 0.25) is 10.0 Å². The predicted octanol–water partition coefficient (Wildman–Crippen LogP) is 3.96. The van der Waals surface area contributed by atoms with Gasteiger partial charge in [0.15, 0.2) is 5.75 Å². The lowest BCUT2D eigenvalue weighted by atomic mass is 10.2. The number of hydrogen-bond donors (Lipinski definition) is 3. The number of alkyl halides is 3. The number of nitrogens with one attached hydrogen (secondary N) is 1. The monoisotopic (exact) mass is 396 g/mol. The fourth-order valence-electron chi connectivity index (χ4n) is 1.79. The number of benzene rings is 1. The summed E-state index contributed by atoms with van der Waals surface area (Å²) in [5.74, 6) is -0.363. The number of hydrogen-bond acceptors (Lipinski definition) is 5. The Kier molecular flexibility index (Phi) is 6.34. The van der Waals surface area contributed by atoms with E-state index in [2.05, 4.69) is 10.3 Å². The smallest absolute Gasteiger partial charge is 0.433 e. The molecule has 0 fully saturated rings. The maximum atomic E-state index is 12.7. The number of rotatable bonds is 6. The molecule has 0 aliphatic carbocycles. The molecule has 0 saturated heterocycles. The van der Waals surface area contributed by atoms with Crippen molar-refractivity contribution in [1.29, 1.82) is 0 Å². The van der Waals surface area contributed by atoms with Crippen molar-refractivity contribution in [3.05, 3.63) is 46.1 Å². The van der Waals surface area contributed by atoms with Gasteiger partial charge in [0.05, 0.1) is 22.8 Å². The van der Waals surface area contributed by atoms with Crippen LogP contribution < -0.4 is 10.1 Å². The first-order chi connectivity index (χ1) is 11.7. The van der Waals surface area contributed by atoms with E-state index in [1.807, 2.05) is 0 Å². The summed E-state index contributed by atoms with van der Waals surface area (Å²) in [5.41, 5.74) is -0.666. The van der Waals surface area contributed by atoms with Crippen molar-refractivity contribution < 1.29 is 28.1 Å². The molecule has 3 N–H and O–H groups in total. The van der Waals surface area contributed by atoms with Crippen LogP contribution in [0.25, 0.3) is 0 Å². The number of aliphatic hydroxyl groups excluding tert-OH is 2. The van der Waals surface area contributed by atoms with E-state index in [4.69, 9.17) is 33.0 Å². The largest absolute Gasteiger partial charge is 0.436 e. The Morgan fingerprint density at radius 2 is 1.84 bits per heavy atom. The lowest BCUT2D eigenvalue weighted by Crippen LogP contribution is -2.22. The minimum absolute atomic E-state index is 0.0349. The average molecular weight is 397 g/mol. The standard InChI is InChI=1S/C15H13Cl2F3N2O3/c16-10-4-8(21-6-9(24)7-23)5-11(17)14(10)25-13-3-1-2-12(22-13)15(18,19)20/h1-5,9,21,23-24H,6-7H2. The van der Waals surface area contributed by atoms with E-state index >= 15 is 0 Å². The summed E-state index contributed by atoms with van der Waals surface area (Å²) in [6.45, 7) is -0.366. The van der Waals surface area contributed by atoms with Crippen LogP contribution in [0.1, 0.15) is 5.69 Å². The van der Waals surface area contributed by atoms with Crippen LogP contribution in [-0.2, 0) is 6.18 Å². The van der Waals surface area contributed by atoms with Gasteiger partial charge in [0.25, 0.3) is 0 Å². The van der Waals surface area contributed by atoms with Crippen LogP contribution in [0.3, 0.4) is 0 Å². The van der Waals surface area contributed by atoms with E-state index in [1.54, 1.807) is 0 Å². The first-order valence-corrected chi connectivity index (χ1v) is 7.70. The summed E-state index contributed by atoms with van der Waals surface area (Å²) in [4.78, 5) is 3.37. The van der Waals surface area contributed by atoms with Crippen molar-refractivity contribution >= 4 is 28.9 Å². The molecule has 0 amide bonds. The Labute approximate surface area is 151 Å². The van der Waals surface area contributed by atoms with Crippen molar-refractivity contribution in [3.8, 4) is 11.6 Å². The van der Waals surface area contributed by atoms with Gasteiger partial charge in [0, 0.05) is 18.3 Å². The van der Waals surface area contributed by atoms with Crippen LogP contribution in [0.5, 0.6) is 11.6 Å². The van der Waals surface area contributed by atoms with E-state index in [0.717, 1.165) is 12.1 Å². The quantitative estimate of drug-likeness (QED) is 0.688. The number of aromatic nitrogens is 1. The minimum Gasteiger partial charge on any atom is -0.436 e. The van der Waals surface area contributed by atoms with Crippen LogP contribution >= 0.6 is 23.2 Å². The molecule has 0 radical (unpaired) electrons. The third-order valence-corrected chi connectivity index (χ3v) is 3.53. The second-order valence-corrected chi connectivity index (χ2v) is 5.76. The van der Waals surface area contributed by atoms with Crippen molar-refractivity contribution in [3.63, 3.8) is 0 Å². The van der Waals surface area contributed by atoms with Gasteiger partial charge in [-0.1, -0.05) is 29.3 Å². The van der Waals surface area contributed by atoms with Gasteiger partial charge in [-0.25, -0.2) is 4.98 Å². The second-order valence-electron chi connectivity index (χ2n) is 4.95. The summed E-state index contributed by atoms with van der Waals surface area (Å²) >= 11 is 12.1. The van der Waals surface area contributed by atoms with Gasteiger partial charge in [-0.15, -0.1) is 0 Å². The fourth-order valence-corrected chi connectivity index (χ4v) is 2.36. The highest BCUT2D eigenvalue weighted by Gasteiger charge is 2.32. The molecule has 136 valence electrons. The molecular weight excluding hydrogens is 384 g/mol. The van der Waals surface area contributed by atoms with Crippen molar-refractivity contribution in [2.45, 2.75) is 12.3 Å². The zero-order valence-corrected chi connectivity index (χ0v) is 14.0. The highest BCUT2D eigenvalue weighted by molar-refractivity contribution is 6.37. The van der Waals surface area contributed by atoms with E-state index in [1.165, 1.54) is 18.2 Å². The fraction of sp³-hybridized carbons (Fsp3) is 0.267. The zero-order valence-electron chi connectivity index (χ0n) is 12.5. The van der Waals surface area contributed by atoms with E-state index in [-0.39, 0.29) is 28.2 Å². The summed E-state index contributed by atoms with van der Waals surface area (Å²) < 4.78 is 43.3. The topological polar surface area (TPSA) is 74.6 Å². The molecule has 0 bridgehead atoms. The maximum absolute atomic E-state index is 12.7. The number of halogens is 5. The predicted molar refractivity (Wildman–Crippen MR) is 87.4 cm³/mol. The molecule has 0 saturated carbocycles. The van der Waals surface area contributed by atoms with Crippen molar-refractivity contribution in [2.75, 3.05) is 18.5 Å². The number of anilines is 1. The van der Waals surface area contributed by atoms with Gasteiger partial charge < -0.3 is 20.3 Å². The molecule has 5 nitrogen and oxygen atoms in total. The summed E-state index contributed by atoms with van der Waals surface area (Å²) in [6.07, 6.45) is -5.57. The zero-order chi connectivity index (χ0) is 18.6. The van der Waals surface area contributed by atoms with Crippen LogP contribution in [-0.4, -0.2) is 34.5 Å². The van der Waals surface area contributed by atoms with Crippen LogP contribution in [0.15, 0.2) is 30.3 Å². The van der Waals surface area contributed by atoms with Gasteiger partial charge in [-0.05, 0) is 18.2 Å². The molecule has 1 aromatic carbocycles. The minimum atomic E-state index is -4.60. The van der Waals surface area contributed by atoms with Crippen LogP contribution in [0.4, 0.5) is 18.9 Å². The van der Waals surface area contributed by atoms with Crippen LogP contribution in [0, 0.1) is 0 Å². The molecule has 1 unspecified atom stereocenters. The second kappa shape index (κ2) is 8.09. The van der Waals surface area contributed by atoms with Gasteiger partial charge >= 0.3 is 6.18 Å². The third kappa shape index (κ3) is 5.37. The summed E-state index contributed by atoms with van der Waals surface area (Å²) in [7, 11) is 0. The first-order valence-electron chi connectivity index (χ1n) is 6.94. The Morgan fingerprint density at radius 1 is 1.20 bits per heavy atom. The highest BCUT2D eigenvalue weighted by atomic mass is 35.5. The number of ether oxygens (including phenoxy) is 1. The molecule has 2 aromatic rings. The molecule has 0 aliphatic rings. The van der Waals surface area contributed by atoms with Gasteiger partial charge in [0.2, 0.25) is 5.88 Å². The van der Waals surface area contributed by atoms with E-state index in [0.29, 0.717) is 5.69 Å².